The van der Waals surface area contributed by atoms with E-state index in [0.717, 1.165) is 5.75 Å². The number of anilines is 1. The van der Waals surface area contributed by atoms with Crippen molar-refractivity contribution in [3.63, 3.8) is 0 Å². The number of benzene rings is 2. The Morgan fingerprint density at radius 3 is 2.53 bits per heavy atom. The van der Waals surface area contributed by atoms with Crippen LogP contribution in [0.1, 0.15) is 25.7 Å². The van der Waals surface area contributed by atoms with Gasteiger partial charge in [-0.3, -0.25) is 9.10 Å². The number of carbonyl (C=O) groups is 1. The fourth-order valence-corrected chi connectivity index (χ4v) is 6.57. The van der Waals surface area contributed by atoms with Crippen LogP contribution in [0.25, 0.3) is 0 Å². The zero-order valence-electron chi connectivity index (χ0n) is 16.7. The lowest BCUT2D eigenvalue weighted by Gasteiger charge is -2.34. The van der Waals surface area contributed by atoms with Gasteiger partial charge in [-0.2, -0.15) is 11.8 Å². The summed E-state index contributed by atoms with van der Waals surface area (Å²) in [5.41, 5.74) is 0.446. The second-order valence-corrected chi connectivity index (χ2v) is 10.8. The standard InChI is InChI=1S/C22H26N2O4S2/c25-22(23-14-15-29-17-8-4-5-9-17)21-16-24(19-12-6-7-13-20(19)28-21)30(26,27)18-10-2-1-3-11-18/h1-3,6-7,10-13,17,21H,4-5,8-9,14-16H2,(H,23,25)/t21-/m0/s1. The van der Waals surface area contributed by atoms with Crippen LogP contribution < -0.4 is 14.4 Å². The van der Waals surface area contributed by atoms with Gasteiger partial charge in [0.1, 0.15) is 5.75 Å². The predicted octanol–water partition coefficient (Wildman–Crippen LogP) is 3.43. The van der Waals surface area contributed by atoms with Crippen molar-refractivity contribution in [1.82, 2.24) is 5.32 Å². The molecule has 0 saturated heterocycles. The first-order chi connectivity index (χ1) is 14.6. The van der Waals surface area contributed by atoms with Gasteiger partial charge in [0.05, 0.1) is 17.1 Å². The summed E-state index contributed by atoms with van der Waals surface area (Å²) in [6.45, 7) is 0.489. The molecule has 160 valence electrons. The quantitative estimate of drug-likeness (QED) is 0.660. The van der Waals surface area contributed by atoms with Crippen LogP contribution in [-0.2, 0) is 14.8 Å². The molecule has 1 N–H and O–H groups in total. The van der Waals surface area contributed by atoms with Gasteiger partial charge in [-0.1, -0.05) is 43.2 Å². The number of carbonyl (C=O) groups excluding carboxylic acids is 1. The molecule has 30 heavy (non-hydrogen) atoms. The maximum Gasteiger partial charge on any atom is 0.264 e. The molecule has 0 bridgehead atoms. The average Bonchev–Trinajstić information content (AvgIpc) is 3.30. The Morgan fingerprint density at radius 1 is 1.07 bits per heavy atom. The zero-order valence-corrected chi connectivity index (χ0v) is 18.3. The van der Waals surface area contributed by atoms with Crippen molar-refractivity contribution in [2.75, 3.05) is 23.1 Å². The van der Waals surface area contributed by atoms with Gasteiger partial charge in [0.2, 0.25) is 0 Å². The minimum atomic E-state index is -3.81. The van der Waals surface area contributed by atoms with Crippen LogP contribution in [0.4, 0.5) is 5.69 Å². The molecule has 4 rings (SSSR count). The van der Waals surface area contributed by atoms with Crippen molar-refractivity contribution in [3.8, 4) is 5.75 Å². The number of sulfonamides is 1. The van der Waals surface area contributed by atoms with Crippen molar-refractivity contribution in [3.05, 3.63) is 54.6 Å². The minimum absolute atomic E-state index is 0.0597. The first kappa shape index (κ1) is 21.1. The number of ether oxygens (including phenoxy) is 1. The van der Waals surface area contributed by atoms with Gasteiger partial charge in [0, 0.05) is 17.5 Å². The first-order valence-corrected chi connectivity index (χ1v) is 12.8. The Morgan fingerprint density at radius 2 is 1.77 bits per heavy atom. The van der Waals surface area contributed by atoms with Gasteiger partial charge < -0.3 is 10.1 Å². The second kappa shape index (κ2) is 9.31. The highest BCUT2D eigenvalue weighted by Crippen LogP contribution is 2.36. The van der Waals surface area contributed by atoms with Crippen LogP contribution in [-0.4, -0.2) is 44.5 Å². The summed E-state index contributed by atoms with van der Waals surface area (Å²) in [4.78, 5) is 12.9. The molecule has 1 saturated carbocycles. The Labute approximate surface area is 182 Å². The molecule has 2 aromatic rings. The SMILES string of the molecule is O=C(NCCSC1CCCC1)[C@@H]1CN(S(=O)(=O)c2ccccc2)c2ccccc2O1. The van der Waals surface area contributed by atoms with Crippen molar-refractivity contribution in [1.29, 1.82) is 0 Å². The molecule has 2 aromatic carbocycles. The highest BCUT2D eigenvalue weighted by Gasteiger charge is 2.37. The maximum atomic E-state index is 13.3. The lowest BCUT2D eigenvalue weighted by atomic mass is 10.2. The van der Waals surface area contributed by atoms with Gasteiger partial charge in [-0.25, -0.2) is 8.42 Å². The highest BCUT2D eigenvalue weighted by atomic mass is 32.2. The Kier molecular flexibility index (Phi) is 6.53. The number of hydrogen-bond acceptors (Lipinski definition) is 5. The van der Waals surface area contributed by atoms with E-state index in [9.17, 15) is 13.2 Å². The number of thioether (sulfide) groups is 1. The molecule has 0 spiro atoms. The molecule has 8 heteroatoms. The number of nitrogens with zero attached hydrogens (tertiary/aromatic N) is 1. The van der Waals surface area contributed by atoms with Crippen molar-refractivity contribution >= 4 is 33.4 Å². The second-order valence-electron chi connectivity index (χ2n) is 7.49. The molecule has 0 aromatic heterocycles. The zero-order chi connectivity index (χ0) is 21.0. The summed E-state index contributed by atoms with van der Waals surface area (Å²) in [5, 5.41) is 3.61. The van der Waals surface area contributed by atoms with Gasteiger partial charge >= 0.3 is 0 Å². The summed E-state index contributed by atoms with van der Waals surface area (Å²) >= 11 is 1.90. The maximum absolute atomic E-state index is 13.3. The first-order valence-electron chi connectivity index (χ1n) is 10.3. The smallest absolute Gasteiger partial charge is 0.264 e. The Hall–Kier alpha value is -2.19. The molecule has 0 radical (unpaired) electrons. The number of amides is 1. The van der Waals surface area contributed by atoms with Crippen LogP contribution >= 0.6 is 11.8 Å². The van der Waals surface area contributed by atoms with Crippen LogP contribution in [0, 0.1) is 0 Å². The van der Waals surface area contributed by atoms with Crippen LogP contribution in [0.15, 0.2) is 59.5 Å². The fraction of sp³-hybridized carbons (Fsp3) is 0.409. The van der Waals surface area contributed by atoms with E-state index >= 15 is 0 Å². The lowest BCUT2D eigenvalue weighted by Crippen LogP contribution is -2.51. The predicted molar refractivity (Wildman–Crippen MR) is 120 cm³/mol. The average molecular weight is 447 g/mol. The normalized spacial score (nSPS) is 19.2. The van der Waals surface area contributed by atoms with Crippen LogP contribution in [0.3, 0.4) is 0 Å². The fourth-order valence-electron chi connectivity index (χ4n) is 3.85. The summed E-state index contributed by atoms with van der Waals surface area (Å²) in [7, 11) is -3.81. The Bertz CT molecular complexity index is 976. The van der Waals surface area contributed by atoms with E-state index in [2.05, 4.69) is 5.32 Å². The molecule has 1 aliphatic carbocycles. The van der Waals surface area contributed by atoms with Crippen molar-refractivity contribution in [2.24, 2.45) is 0 Å². The number of rotatable bonds is 7. The summed E-state index contributed by atoms with van der Waals surface area (Å²) in [6, 6.07) is 15.2. The van der Waals surface area contributed by atoms with E-state index in [1.165, 1.54) is 30.0 Å². The molecular formula is C22H26N2O4S2. The monoisotopic (exact) mass is 446 g/mol. The lowest BCUT2D eigenvalue weighted by molar-refractivity contribution is -0.127. The number of hydrogen-bond donors (Lipinski definition) is 1. The molecule has 1 aliphatic heterocycles. The minimum Gasteiger partial charge on any atom is -0.476 e. The third kappa shape index (κ3) is 4.59. The largest absolute Gasteiger partial charge is 0.476 e. The molecule has 0 unspecified atom stereocenters. The summed E-state index contributed by atoms with van der Waals surface area (Å²) < 4.78 is 33.7. The van der Waals surface area contributed by atoms with Crippen LogP contribution in [0.5, 0.6) is 5.75 Å². The third-order valence-electron chi connectivity index (χ3n) is 5.42. The van der Waals surface area contributed by atoms with E-state index in [1.54, 1.807) is 54.6 Å². The van der Waals surface area contributed by atoms with E-state index < -0.39 is 16.1 Å². The third-order valence-corrected chi connectivity index (χ3v) is 8.59. The van der Waals surface area contributed by atoms with Crippen molar-refractivity contribution in [2.45, 2.75) is 41.9 Å². The molecule has 1 amide bonds. The number of nitrogens with one attached hydrogen (secondary N) is 1. The van der Waals surface area contributed by atoms with Gasteiger partial charge in [-0.15, -0.1) is 0 Å². The van der Waals surface area contributed by atoms with Crippen LogP contribution in [0.2, 0.25) is 0 Å². The Balaban J connectivity index is 1.46. The van der Waals surface area contributed by atoms with Gasteiger partial charge in [0.25, 0.3) is 15.9 Å². The molecule has 6 nitrogen and oxygen atoms in total. The van der Waals surface area contributed by atoms with E-state index in [0.29, 0.717) is 23.2 Å². The molecule has 1 fully saturated rings. The number of fused-ring (bicyclic) bond motifs is 1. The summed E-state index contributed by atoms with van der Waals surface area (Å²) in [6.07, 6.45) is 4.21. The van der Waals surface area contributed by atoms with E-state index in [4.69, 9.17) is 4.74 Å². The van der Waals surface area contributed by atoms with Gasteiger partial charge in [-0.05, 0) is 37.1 Å². The van der Waals surface area contributed by atoms with E-state index in [1.807, 2.05) is 11.8 Å². The molecule has 2 aliphatic rings. The number of para-hydroxylation sites is 2. The highest BCUT2D eigenvalue weighted by molar-refractivity contribution is 7.99. The molecule has 1 atom stereocenters. The topological polar surface area (TPSA) is 75.7 Å². The van der Waals surface area contributed by atoms with Gasteiger partial charge in [0.15, 0.2) is 6.10 Å². The summed E-state index contributed by atoms with van der Waals surface area (Å²) in [5.74, 6) is 0.958. The molecular weight excluding hydrogens is 420 g/mol. The van der Waals surface area contributed by atoms with Crippen molar-refractivity contribution < 1.29 is 17.9 Å². The van der Waals surface area contributed by atoms with E-state index in [-0.39, 0.29) is 17.3 Å². The molecule has 1 heterocycles.